The molecule has 9 rings (SSSR count). The lowest BCUT2D eigenvalue weighted by Crippen LogP contribution is -2.26. The maximum atomic E-state index is 3.91. The summed E-state index contributed by atoms with van der Waals surface area (Å²) < 4.78 is 0. The van der Waals surface area contributed by atoms with Crippen LogP contribution in [0.5, 0.6) is 0 Å². The van der Waals surface area contributed by atoms with Crippen molar-refractivity contribution in [3.63, 3.8) is 0 Å². The Labute approximate surface area is 290 Å². The van der Waals surface area contributed by atoms with Gasteiger partial charge >= 0.3 is 0 Å². The highest BCUT2D eigenvalue weighted by Crippen LogP contribution is 2.58. The molecule has 1 spiro atoms. The minimum atomic E-state index is -0.285. The molecule has 0 aliphatic heterocycles. The van der Waals surface area contributed by atoms with Gasteiger partial charge in [-0.1, -0.05) is 152 Å². The van der Waals surface area contributed by atoms with E-state index >= 15 is 0 Å². The Morgan fingerprint density at radius 1 is 0.551 bits per heavy atom. The maximum absolute atomic E-state index is 3.91. The molecule has 0 amide bonds. The molecule has 0 saturated heterocycles. The van der Waals surface area contributed by atoms with Gasteiger partial charge in [-0.15, -0.1) is 0 Å². The molecule has 49 heavy (non-hydrogen) atoms. The van der Waals surface area contributed by atoms with Crippen LogP contribution in [0.2, 0.25) is 0 Å². The van der Waals surface area contributed by atoms with E-state index in [0.29, 0.717) is 0 Å². The summed E-state index contributed by atoms with van der Waals surface area (Å²) in [6, 6.07) is 52.3. The number of hydrogen-bond acceptors (Lipinski definition) is 1. The molecule has 0 aromatic heterocycles. The Balaban J connectivity index is 1.14. The van der Waals surface area contributed by atoms with E-state index in [2.05, 4.69) is 176 Å². The SMILES string of the molecule is C/C=C\C=C/CC1(c2ccccc2)c2ccccc2-c2ccc(Nc3ccccc3-c3ccc4c(c3)C3(CCCC3)c3ccccc3-4)cc21. The number of rotatable bonds is 7. The third kappa shape index (κ3) is 4.60. The van der Waals surface area contributed by atoms with Gasteiger partial charge in [0.1, 0.15) is 0 Å². The van der Waals surface area contributed by atoms with Crippen LogP contribution in [0.15, 0.2) is 164 Å². The Kier molecular flexibility index (Phi) is 7.24. The van der Waals surface area contributed by atoms with Gasteiger partial charge in [0.25, 0.3) is 0 Å². The lowest BCUT2D eigenvalue weighted by atomic mass is 9.70. The smallest absolute Gasteiger partial charge is 0.0498 e. The van der Waals surface area contributed by atoms with Crippen LogP contribution in [0.4, 0.5) is 11.4 Å². The van der Waals surface area contributed by atoms with E-state index in [-0.39, 0.29) is 10.8 Å². The van der Waals surface area contributed by atoms with E-state index in [4.69, 9.17) is 0 Å². The molecule has 0 bridgehead atoms. The molecule has 0 heterocycles. The van der Waals surface area contributed by atoms with Crippen LogP contribution in [-0.2, 0) is 10.8 Å². The van der Waals surface area contributed by atoms with E-state index in [1.54, 1.807) is 0 Å². The second-order valence-corrected chi connectivity index (χ2v) is 14.0. The first kappa shape index (κ1) is 29.7. The van der Waals surface area contributed by atoms with E-state index < -0.39 is 0 Å². The fourth-order valence-electron chi connectivity index (χ4n) is 9.39. The molecule has 6 aromatic carbocycles. The van der Waals surface area contributed by atoms with Crippen molar-refractivity contribution in [2.24, 2.45) is 0 Å². The molecule has 3 aliphatic carbocycles. The fraction of sp³-hybridized carbons (Fsp3) is 0.167. The summed E-state index contributed by atoms with van der Waals surface area (Å²) in [6.07, 6.45) is 14.7. The van der Waals surface area contributed by atoms with E-state index in [1.165, 1.54) is 86.9 Å². The molecular formula is C48H41N. The first-order valence-corrected chi connectivity index (χ1v) is 17.9. The fourth-order valence-corrected chi connectivity index (χ4v) is 9.39. The van der Waals surface area contributed by atoms with Crippen LogP contribution in [0.1, 0.15) is 66.8 Å². The summed E-state index contributed by atoms with van der Waals surface area (Å²) in [7, 11) is 0. The molecule has 6 aromatic rings. The third-order valence-electron chi connectivity index (χ3n) is 11.5. The summed E-state index contributed by atoms with van der Waals surface area (Å²) in [6.45, 7) is 2.07. The molecular weight excluding hydrogens is 591 g/mol. The van der Waals surface area contributed by atoms with Crippen LogP contribution in [0.25, 0.3) is 33.4 Å². The number of benzene rings is 6. The molecule has 1 unspecified atom stereocenters. The quantitative estimate of drug-likeness (QED) is 0.173. The van der Waals surface area contributed by atoms with Gasteiger partial charge in [0.15, 0.2) is 0 Å². The average molecular weight is 632 g/mol. The zero-order valence-electron chi connectivity index (χ0n) is 28.1. The molecule has 1 N–H and O–H groups in total. The molecule has 1 heteroatoms. The van der Waals surface area contributed by atoms with Gasteiger partial charge in [-0.2, -0.15) is 0 Å². The topological polar surface area (TPSA) is 12.0 Å². The molecule has 1 saturated carbocycles. The highest BCUT2D eigenvalue weighted by molar-refractivity contribution is 5.89. The number of allylic oxidation sites excluding steroid dienone is 4. The summed E-state index contributed by atoms with van der Waals surface area (Å²) in [5, 5.41) is 3.91. The van der Waals surface area contributed by atoms with Crippen molar-refractivity contribution in [3.05, 3.63) is 192 Å². The van der Waals surface area contributed by atoms with Crippen molar-refractivity contribution < 1.29 is 0 Å². The highest BCUT2D eigenvalue weighted by atomic mass is 14.9. The van der Waals surface area contributed by atoms with Gasteiger partial charge < -0.3 is 5.32 Å². The first-order valence-electron chi connectivity index (χ1n) is 17.9. The Hall–Kier alpha value is -5.40. The van der Waals surface area contributed by atoms with Gasteiger partial charge in [0.2, 0.25) is 0 Å². The van der Waals surface area contributed by atoms with Crippen molar-refractivity contribution >= 4 is 11.4 Å². The normalized spacial score (nSPS) is 18.1. The Morgan fingerprint density at radius 3 is 1.98 bits per heavy atom. The predicted molar refractivity (Wildman–Crippen MR) is 207 cm³/mol. The van der Waals surface area contributed by atoms with Gasteiger partial charge in [-0.05, 0) is 106 Å². The molecule has 1 atom stereocenters. The monoisotopic (exact) mass is 631 g/mol. The van der Waals surface area contributed by atoms with Crippen molar-refractivity contribution in [2.45, 2.75) is 49.9 Å². The van der Waals surface area contributed by atoms with E-state index in [0.717, 1.165) is 17.8 Å². The number of para-hydroxylation sites is 1. The minimum Gasteiger partial charge on any atom is -0.355 e. The van der Waals surface area contributed by atoms with Crippen molar-refractivity contribution in [1.82, 2.24) is 0 Å². The zero-order chi connectivity index (χ0) is 32.8. The second-order valence-electron chi connectivity index (χ2n) is 14.0. The molecule has 1 fully saturated rings. The second kappa shape index (κ2) is 11.9. The van der Waals surface area contributed by atoms with Crippen LogP contribution in [-0.4, -0.2) is 0 Å². The zero-order valence-corrected chi connectivity index (χ0v) is 28.1. The third-order valence-corrected chi connectivity index (χ3v) is 11.5. The number of nitrogens with one attached hydrogen (secondary N) is 1. The Morgan fingerprint density at radius 2 is 1.18 bits per heavy atom. The Bertz CT molecular complexity index is 2250. The van der Waals surface area contributed by atoms with E-state index in [1.807, 2.05) is 0 Å². The highest BCUT2D eigenvalue weighted by Gasteiger charge is 2.45. The van der Waals surface area contributed by atoms with Gasteiger partial charge in [0, 0.05) is 27.8 Å². The number of fused-ring (bicyclic) bond motifs is 8. The molecule has 0 radical (unpaired) electrons. The predicted octanol–water partition coefficient (Wildman–Crippen LogP) is 12.8. The minimum absolute atomic E-state index is 0.154. The summed E-state index contributed by atoms with van der Waals surface area (Å²) in [5.74, 6) is 0. The number of hydrogen-bond donors (Lipinski definition) is 1. The first-order chi connectivity index (χ1) is 24.2. The van der Waals surface area contributed by atoms with Gasteiger partial charge in [-0.3, -0.25) is 0 Å². The van der Waals surface area contributed by atoms with Crippen LogP contribution in [0, 0.1) is 0 Å². The largest absolute Gasteiger partial charge is 0.355 e. The summed E-state index contributed by atoms with van der Waals surface area (Å²) in [4.78, 5) is 0. The van der Waals surface area contributed by atoms with Crippen LogP contribution in [0.3, 0.4) is 0 Å². The summed E-state index contributed by atoms with van der Waals surface area (Å²) >= 11 is 0. The lowest BCUT2D eigenvalue weighted by molar-refractivity contribution is 0.550. The van der Waals surface area contributed by atoms with Gasteiger partial charge in [-0.25, -0.2) is 0 Å². The van der Waals surface area contributed by atoms with Crippen molar-refractivity contribution in [2.75, 3.05) is 5.32 Å². The maximum Gasteiger partial charge on any atom is 0.0498 e. The van der Waals surface area contributed by atoms with Gasteiger partial charge in [0.05, 0.1) is 0 Å². The van der Waals surface area contributed by atoms with Crippen LogP contribution < -0.4 is 5.32 Å². The van der Waals surface area contributed by atoms with Crippen LogP contribution >= 0.6 is 0 Å². The summed E-state index contributed by atoms with van der Waals surface area (Å²) in [5.41, 5.74) is 17.2. The molecule has 238 valence electrons. The van der Waals surface area contributed by atoms with E-state index in [9.17, 15) is 0 Å². The molecule has 1 nitrogen and oxygen atoms in total. The average Bonchev–Trinajstić information content (AvgIpc) is 3.84. The standard InChI is InChI=1S/C48H41N/c1-2-3-4-14-31-48(35-17-6-5-7-18-35)43-23-12-9-21-39(43)41-28-26-36(33-45(41)48)49-46-24-13-10-19-37(46)34-25-27-40-38-20-8-11-22-42(38)47(44(40)32-34)29-15-16-30-47/h2-14,17-28,32-33,49H,15-16,29-31H2,1H3/b3-2-,14-4-. The van der Waals surface area contributed by atoms with Crippen molar-refractivity contribution in [3.8, 4) is 33.4 Å². The number of anilines is 2. The van der Waals surface area contributed by atoms with Crippen molar-refractivity contribution in [1.29, 1.82) is 0 Å². The molecule has 3 aliphatic rings. The lowest BCUT2D eigenvalue weighted by Gasteiger charge is -2.32.